The predicted octanol–water partition coefficient (Wildman–Crippen LogP) is 3.05. The molecule has 3 N–H and O–H groups in total. The van der Waals surface area contributed by atoms with E-state index >= 15 is 0 Å². The van der Waals surface area contributed by atoms with Gasteiger partial charge in [-0.15, -0.1) is 0 Å². The van der Waals surface area contributed by atoms with Crippen LogP contribution in [0.25, 0.3) is 11.5 Å². The lowest BCUT2D eigenvalue weighted by Crippen LogP contribution is -2.30. The minimum atomic E-state index is -0.963. The first-order valence-electron chi connectivity index (χ1n) is 8.02. The maximum absolute atomic E-state index is 13.0. The summed E-state index contributed by atoms with van der Waals surface area (Å²) >= 11 is 5.95. The van der Waals surface area contributed by atoms with Crippen molar-refractivity contribution >= 4 is 29.2 Å². The standard InChI is InChI=1S/C17H17ClFN7O/c1-17(2,27)9-21-15-24-14(11-4-3-5-12(18)23-11)25-16(26-15)22-10-6-7-13(19)20-8-10/h3-8,27H,9H2,1-2H3,(H2,21,22,24,25,26). The van der Waals surface area contributed by atoms with Crippen LogP contribution in [0.15, 0.2) is 36.5 Å². The molecule has 3 heterocycles. The molecule has 0 spiro atoms. The van der Waals surface area contributed by atoms with E-state index in [1.165, 1.54) is 18.3 Å². The summed E-state index contributed by atoms with van der Waals surface area (Å²) in [6.45, 7) is 3.53. The first-order chi connectivity index (χ1) is 12.8. The zero-order valence-electron chi connectivity index (χ0n) is 14.6. The summed E-state index contributed by atoms with van der Waals surface area (Å²) in [5.74, 6) is 0.130. The van der Waals surface area contributed by atoms with Crippen molar-refractivity contribution in [3.05, 3.63) is 47.6 Å². The van der Waals surface area contributed by atoms with Gasteiger partial charge in [0.2, 0.25) is 17.8 Å². The van der Waals surface area contributed by atoms with Gasteiger partial charge in [-0.25, -0.2) is 9.97 Å². The van der Waals surface area contributed by atoms with E-state index in [4.69, 9.17) is 11.6 Å². The third-order valence-electron chi connectivity index (χ3n) is 3.24. The minimum absolute atomic E-state index is 0.202. The molecule has 140 valence electrons. The number of hydrogen-bond acceptors (Lipinski definition) is 8. The van der Waals surface area contributed by atoms with Crippen molar-refractivity contribution in [1.82, 2.24) is 24.9 Å². The van der Waals surface area contributed by atoms with E-state index in [-0.39, 0.29) is 24.3 Å². The third kappa shape index (κ3) is 5.53. The van der Waals surface area contributed by atoms with Crippen LogP contribution in [0.2, 0.25) is 5.15 Å². The number of aliphatic hydroxyl groups is 1. The van der Waals surface area contributed by atoms with E-state index in [0.29, 0.717) is 16.5 Å². The van der Waals surface area contributed by atoms with Gasteiger partial charge in [-0.2, -0.15) is 19.3 Å². The van der Waals surface area contributed by atoms with Gasteiger partial charge in [0, 0.05) is 6.54 Å². The number of rotatable bonds is 6. The molecule has 10 heteroatoms. The van der Waals surface area contributed by atoms with Gasteiger partial charge in [0.1, 0.15) is 10.8 Å². The first-order valence-corrected chi connectivity index (χ1v) is 8.40. The molecule has 0 aliphatic carbocycles. The highest BCUT2D eigenvalue weighted by Crippen LogP contribution is 2.20. The Hall–Kier alpha value is -2.91. The maximum Gasteiger partial charge on any atom is 0.232 e. The highest BCUT2D eigenvalue weighted by atomic mass is 35.5. The lowest BCUT2D eigenvalue weighted by molar-refractivity contribution is 0.0943. The molecule has 0 saturated heterocycles. The maximum atomic E-state index is 13.0. The summed E-state index contributed by atoms with van der Waals surface area (Å²) < 4.78 is 13.0. The van der Waals surface area contributed by atoms with Gasteiger partial charge in [0.25, 0.3) is 0 Å². The summed E-state index contributed by atoms with van der Waals surface area (Å²) in [6, 6.07) is 7.81. The quantitative estimate of drug-likeness (QED) is 0.552. The molecular weight excluding hydrogens is 373 g/mol. The Labute approximate surface area is 159 Å². The Morgan fingerprint density at radius 1 is 1.07 bits per heavy atom. The van der Waals surface area contributed by atoms with Crippen LogP contribution in [-0.2, 0) is 0 Å². The molecule has 8 nitrogen and oxygen atoms in total. The van der Waals surface area contributed by atoms with Crippen molar-refractivity contribution in [3.8, 4) is 11.5 Å². The summed E-state index contributed by atoms with van der Waals surface area (Å²) in [5.41, 5.74) is -0.00668. The van der Waals surface area contributed by atoms with Gasteiger partial charge >= 0.3 is 0 Å². The molecule has 27 heavy (non-hydrogen) atoms. The number of anilines is 3. The lowest BCUT2D eigenvalue weighted by atomic mass is 10.1. The van der Waals surface area contributed by atoms with E-state index in [0.717, 1.165) is 0 Å². The molecule has 3 aromatic heterocycles. The highest BCUT2D eigenvalue weighted by molar-refractivity contribution is 6.29. The average molecular weight is 390 g/mol. The van der Waals surface area contributed by atoms with Crippen molar-refractivity contribution in [3.63, 3.8) is 0 Å². The normalized spacial score (nSPS) is 11.3. The van der Waals surface area contributed by atoms with Gasteiger partial charge in [-0.05, 0) is 38.1 Å². The molecule has 0 fully saturated rings. The van der Waals surface area contributed by atoms with E-state index in [9.17, 15) is 9.50 Å². The Morgan fingerprint density at radius 3 is 2.52 bits per heavy atom. The third-order valence-corrected chi connectivity index (χ3v) is 3.45. The number of halogens is 2. The van der Waals surface area contributed by atoms with E-state index in [1.54, 1.807) is 32.0 Å². The second-order valence-electron chi connectivity index (χ2n) is 6.31. The largest absolute Gasteiger partial charge is 0.389 e. The molecule has 3 aromatic rings. The van der Waals surface area contributed by atoms with Crippen LogP contribution < -0.4 is 10.6 Å². The molecule has 0 aliphatic rings. The topological polar surface area (TPSA) is 109 Å². The summed E-state index contributed by atoms with van der Waals surface area (Å²) in [4.78, 5) is 20.7. The fourth-order valence-electron chi connectivity index (χ4n) is 2.03. The van der Waals surface area contributed by atoms with Gasteiger partial charge < -0.3 is 15.7 Å². The lowest BCUT2D eigenvalue weighted by Gasteiger charge is -2.18. The Kier molecular flexibility index (Phi) is 5.43. The van der Waals surface area contributed by atoms with Gasteiger partial charge in [-0.3, -0.25) is 0 Å². The zero-order valence-corrected chi connectivity index (χ0v) is 15.4. The molecule has 0 amide bonds. The van der Waals surface area contributed by atoms with E-state index in [1.807, 2.05) is 0 Å². The zero-order chi connectivity index (χ0) is 19.4. The molecule has 0 atom stereocenters. The summed E-state index contributed by atoms with van der Waals surface area (Å²) in [6.07, 6.45) is 1.32. The second-order valence-corrected chi connectivity index (χ2v) is 6.70. The van der Waals surface area contributed by atoms with Crippen molar-refractivity contribution in [1.29, 1.82) is 0 Å². The van der Waals surface area contributed by atoms with E-state index in [2.05, 4.69) is 35.6 Å². The number of pyridine rings is 2. The predicted molar refractivity (Wildman–Crippen MR) is 100 cm³/mol. The van der Waals surface area contributed by atoms with Crippen molar-refractivity contribution in [2.75, 3.05) is 17.2 Å². The van der Waals surface area contributed by atoms with Gasteiger partial charge in [0.15, 0.2) is 5.82 Å². The monoisotopic (exact) mass is 389 g/mol. The van der Waals surface area contributed by atoms with Crippen LogP contribution in [-0.4, -0.2) is 42.2 Å². The Balaban J connectivity index is 1.95. The van der Waals surface area contributed by atoms with Gasteiger partial charge in [-0.1, -0.05) is 17.7 Å². The van der Waals surface area contributed by atoms with Gasteiger partial charge in [0.05, 0.1) is 17.5 Å². The average Bonchev–Trinajstić information content (AvgIpc) is 2.61. The molecule has 0 bridgehead atoms. The molecule has 0 unspecified atom stereocenters. The second kappa shape index (κ2) is 7.77. The molecule has 3 rings (SSSR count). The van der Waals surface area contributed by atoms with Crippen LogP contribution in [0.5, 0.6) is 0 Å². The van der Waals surface area contributed by atoms with Crippen LogP contribution >= 0.6 is 11.6 Å². The number of aromatic nitrogens is 5. The van der Waals surface area contributed by atoms with Crippen molar-refractivity contribution in [2.24, 2.45) is 0 Å². The van der Waals surface area contributed by atoms with Crippen LogP contribution in [0.4, 0.5) is 22.0 Å². The van der Waals surface area contributed by atoms with Crippen molar-refractivity contribution in [2.45, 2.75) is 19.4 Å². The number of nitrogens with zero attached hydrogens (tertiary/aromatic N) is 5. The molecule has 0 aliphatic heterocycles. The number of nitrogens with one attached hydrogen (secondary N) is 2. The van der Waals surface area contributed by atoms with E-state index < -0.39 is 11.5 Å². The van der Waals surface area contributed by atoms with Crippen LogP contribution in [0, 0.1) is 5.95 Å². The molecular formula is C17H17ClFN7O. The number of hydrogen-bond donors (Lipinski definition) is 3. The molecule has 0 saturated carbocycles. The fourth-order valence-corrected chi connectivity index (χ4v) is 2.20. The summed E-state index contributed by atoms with van der Waals surface area (Å²) in [5, 5.41) is 16.1. The van der Waals surface area contributed by atoms with Crippen molar-refractivity contribution < 1.29 is 9.50 Å². The highest BCUT2D eigenvalue weighted by Gasteiger charge is 2.15. The first kappa shape index (κ1) is 18.9. The Bertz CT molecular complexity index is 931. The molecule has 0 radical (unpaired) electrons. The minimum Gasteiger partial charge on any atom is -0.389 e. The van der Waals surface area contributed by atoms with Crippen LogP contribution in [0.3, 0.4) is 0 Å². The fraction of sp³-hybridized carbons (Fsp3) is 0.235. The Morgan fingerprint density at radius 2 is 1.85 bits per heavy atom. The summed E-state index contributed by atoms with van der Waals surface area (Å²) in [7, 11) is 0. The smallest absolute Gasteiger partial charge is 0.232 e. The molecule has 0 aromatic carbocycles. The SMILES string of the molecule is CC(C)(O)CNc1nc(Nc2ccc(F)nc2)nc(-c2cccc(Cl)n2)n1. The van der Waals surface area contributed by atoms with Crippen LogP contribution in [0.1, 0.15) is 13.8 Å².